The fraction of sp³-hybridized carbons (Fsp3) is 0.700. The summed E-state index contributed by atoms with van der Waals surface area (Å²) < 4.78 is 4.56. The van der Waals surface area contributed by atoms with E-state index in [1.807, 2.05) is 0 Å². The molecule has 1 fully saturated rings. The number of ether oxygens (including phenoxy) is 1. The van der Waals surface area contributed by atoms with Gasteiger partial charge in [-0.3, -0.25) is 9.59 Å². The predicted molar refractivity (Wildman–Crippen MR) is 52.1 cm³/mol. The summed E-state index contributed by atoms with van der Waals surface area (Å²) in [7, 11) is 0. The van der Waals surface area contributed by atoms with Crippen LogP contribution in [0.2, 0.25) is 0 Å². The van der Waals surface area contributed by atoms with Crippen LogP contribution >= 0.6 is 0 Å². The SMILES string of the molecule is CC(=O)CC(=O)C1CC1CCOC(N)=O. The van der Waals surface area contributed by atoms with Gasteiger partial charge in [0.15, 0.2) is 0 Å². The van der Waals surface area contributed by atoms with Crippen LogP contribution in [0.15, 0.2) is 0 Å². The lowest BCUT2D eigenvalue weighted by Gasteiger charge is -2.00. The lowest BCUT2D eigenvalue weighted by atomic mass is 10.1. The molecule has 2 N–H and O–H groups in total. The van der Waals surface area contributed by atoms with Gasteiger partial charge in [-0.15, -0.1) is 0 Å². The Balaban J connectivity index is 2.14. The van der Waals surface area contributed by atoms with Crippen LogP contribution in [-0.2, 0) is 14.3 Å². The Morgan fingerprint density at radius 1 is 1.40 bits per heavy atom. The fourth-order valence-corrected chi connectivity index (χ4v) is 1.65. The molecule has 0 bridgehead atoms. The van der Waals surface area contributed by atoms with Crippen molar-refractivity contribution < 1.29 is 19.1 Å². The van der Waals surface area contributed by atoms with Gasteiger partial charge in [-0.1, -0.05) is 0 Å². The van der Waals surface area contributed by atoms with E-state index in [1.165, 1.54) is 6.92 Å². The number of ketones is 2. The summed E-state index contributed by atoms with van der Waals surface area (Å²) in [5.41, 5.74) is 4.79. The zero-order valence-electron chi connectivity index (χ0n) is 8.69. The minimum atomic E-state index is -0.790. The molecule has 5 heteroatoms. The van der Waals surface area contributed by atoms with Gasteiger partial charge >= 0.3 is 6.09 Å². The summed E-state index contributed by atoms with van der Waals surface area (Å²) in [6.45, 7) is 1.66. The second kappa shape index (κ2) is 4.91. The summed E-state index contributed by atoms with van der Waals surface area (Å²) in [4.78, 5) is 32.3. The van der Waals surface area contributed by atoms with Crippen molar-refractivity contribution in [1.82, 2.24) is 0 Å². The Hall–Kier alpha value is -1.39. The van der Waals surface area contributed by atoms with E-state index in [0.29, 0.717) is 6.42 Å². The summed E-state index contributed by atoms with van der Waals surface area (Å²) in [6, 6.07) is 0. The first kappa shape index (κ1) is 11.7. The molecule has 1 aliphatic rings. The third kappa shape index (κ3) is 4.10. The van der Waals surface area contributed by atoms with E-state index in [0.717, 1.165) is 6.42 Å². The van der Waals surface area contributed by atoms with E-state index in [-0.39, 0.29) is 36.4 Å². The molecular formula is C10H15NO4. The van der Waals surface area contributed by atoms with Gasteiger partial charge in [0.1, 0.15) is 11.6 Å². The maximum atomic E-state index is 11.4. The molecule has 0 aromatic carbocycles. The Morgan fingerprint density at radius 2 is 2.07 bits per heavy atom. The van der Waals surface area contributed by atoms with Gasteiger partial charge in [0.25, 0.3) is 0 Å². The number of rotatable bonds is 6. The molecule has 1 amide bonds. The predicted octanol–water partition coefficient (Wildman–Crippen LogP) is 0.656. The first-order valence-electron chi connectivity index (χ1n) is 4.95. The zero-order chi connectivity index (χ0) is 11.4. The van der Waals surface area contributed by atoms with Gasteiger partial charge in [0.05, 0.1) is 13.0 Å². The number of primary amides is 1. The van der Waals surface area contributed by atoms with E-state index in [1.54, 1.807) is 0 Å². The molecule has 84 valence electrons. The summed E-state index contributed by atoms with van der Waals surface area (Å²) in [6.07, 6.45) is 0.686. The third-order valence-corrected chi connectivity index (χ3v) is 2.49. The van der Waals surface area contributed by atoms with Crippen molar-refractivity contribution in [2.24, 2.45) is 17.6 Å². The molecule has 15 heavy (non-hydrogen) atoms. The van der Waals surface area contributed by atoms with Crippen molar-refractivity contribution in [2.75, 3.05) is 6.61 Å². The lowest BCUT2D eigenvalue weighted by Crippen LogP contribution is -2.14. The first-order chi connectivity index (χ1) is 7.00. The maximum Gasteiger partial charge on any atom is 0.404 e. The molecule has 1 saturated carbocycles. The van der Waals surface area contributed by atoms with Gasteiger partial charge in [-0.25, -0.2) is 4.79 Å². The maximum absolute atomic E-state index is 11.4. The number of carbonyl (C=O) groups excluding carboxylic acids is 3. The molecule has 2 unspecified atom stereocenters. The average molecular weight is 213 g/mol. The van der Waals surface area contributed by atoms with E-state index in [2.05, 4.69) is 4.74 Å². The van der Waals surface area contributed by atoms with E-state index in [9.17, 15) is 14.4 Å². The highest BCUT2D eigenvalue weighted by Gasteiger charge is 2.42. The monoisotopic (exact) mass is 213 g/mol. The zero-order valence-corrected chi connectivity index (χ0v) is 8.69. The van der Waals surface area contributed by atoms with Gasteiger partial charge in [0.2, 0.25) is 0 Å². The summed E-state index contributed by atoms with van der Waals surface area (Å²) in [5, 5.41) is 0. The van der Waals surface area contributed by atoms with Crippen LogP contribution in [-0.4, -0.2) is 24.3 Å². The Kier molecular flexibility index (Phi) is 3.82. The smallest absolute Gasteiger partial charge is 0.404 e. The first-order valence-corrected chi connectivity index (χ1v) is 4.95. The third-order valence-electron chi connectivity index (χ3n) is 2.49. The second-order valence-corrected chi connectivity index (χ2v) is 3.90. The van der Waals surface area contributed by atoms with Gasteiger partial charge in [0, 0.05) is 5.92 Å². The van der Waals surface area contributed by atoms with Crippen molar-refractivity contribution in [1.29, 1.82) is 0 Å². The molecule has 0 heterocycles. The number of hydrogen-bond donors (Lipinski definition) is 1. The normalized spacial score (nSPS) is 23.3. The molecule has 0 saturated heterocycles. The van der Waals surface area contributed by atoms with Gasteiger partial charge < -0.3 is 10.5 Å². The molecule has 0 spiro atoms. The number of carbonyl (C=O) groups is 3. The minimum Gasteiger partial charge on any atom is -0.450 e. The van der Waals surface area contributed by atoms with Gasteiger partial charge in [-0.2, -0.15) is 0 Å². The quantitative estimate of drug-likeness (QED) is 0.656. The van der Waals surface area contributed by atoms with E-state index >= 15 is 0 Å². The Bertz CT molecular complexity index is 287. The van der Waals surface area contributed by atoms with Crippen LogP contribution in [0, 0.1) is 11.8 Å². The van der Waals surface area contributed by atoms with Crippen molar-refractivity contribution >= 4 is 17.7 Å². The van der Waals surface area contributed by atoms with E-state index in [4.69, 9.17) is 5.73 Å². The molecule has 1 rings (SSSR count). The van der Waals surface area contributed by atoms with Gasteiger partial charge in [-0.05, 0) is 25.7 Å². The molecule has 0 aliphatic heterocycles. The highest BCUT2D eigenvalue weighted by Crippen LogP contribution is 2.42. The molecular weight excluding hydrogens is 198 g/mol. The molecule has 0 radical (unpaired) electrons. The highest BCUT2D eigenvalue weighted by molar-refractivity contribution is 6.00. The van der Waals surface area contributed by atoms with Crippen LogP contribution < -0.4 is 5.73 Å². The number of amides is 1. The van der Waals surface area contributed by atoms with Crippen LogP contribution in [0.3, 0.4) is 0 Å². The standard InChI is InChI=1S/C10H15NO4/c1-6(12)4-9(13)8-5-7(8)2-3-15-10(11)14/h7-8H,2-5H2,1H3,(H2,11,14). The lowest BCUT2D eigenvalue weighted by molar-refractivity contribution is -0.126. The molecule has 5 nitrogen and oxygen atoms in total. The summed E-state index contributed by atoms with van der Waals surface area (Å²) >= 11 is 0. The van der Waals surface area contributed by atoms with Crippen molar-refractivity contribution in [3.05, 3.63) is 0 Å². The van der Waals surface area contributed by atoms with Crippen LogP contribution in [0.4, 0.5) is 4.79 Å². The number of nitrogens with two attached hydrogens (primary N) is 1. The highest BCUT2D eigenvalue weighted by atomic mass is 16.5. The summed E-state index contributed by atoms with van der Waals surface area (Å²) in [5.74, 6) is 0.159. The molecule has 2 atom stereocenters. The topological polar surface area (TPSA) is 86.5 Å². The number of hydrogen-bond acceptors (Lipinski definition) is 4. The molecule has 1 aliphatic carbocycles. The van der Waals surface area contributed by atoms with Crippen LogP contribution in [0.25, 0.3) is 0 Å². The number of Topliss-reactive ketones (excluding diaryl/α,β-unsaturated/α-hetero) is 2. The molecule has 0 aromatic heterocycles. The Labute approximate surface area is 88.0 Å². The minimum absolute atomic E-state index is 0.00609. The largest absolute Gasteiger partial charge is 0.450 e. The van der Waals surface area contributed by atoms with Crippen molar-refractivity contribution in [3.63, 3.8) is 0 Å². The van der Waals surface area contributed by atoms with Crippen molar-refractivity contribution in [2.45, 2.75) is 26.2 Å². The van der Waals surface area contributed by atoms with Crippen LogP contribution in [0.5, 0.6) is 0 Å². The molecule has 0 aromatic rings. The van der Waals surface area contributed by atoms with Crippen LogP contribution in [0.1, 0.15) is 26.2 Å². The van der Waals surface area contributed by atoms with Crippen molar-refractivity contribution in [3.8, 4) is 0 Å². The average Bonchev–Trinajstić information content (AvgIpc) is 2.81. The Morgan fingerprint density at radius 3 is 2.60 bits per heavy atom. The fourth-order valence-electron chi connectivity index (χ4n) is 1.65. The second-order valence-electron chi connectivity index (χ2n) is 3.90. The van der Waals surface area contributed by atoms with E-state index < -0.39 is 6.09 Å².